The fourth-order valence-electron chi connectivity index (χ4n) is 1.89. The molecule has 0 N–H and O–H groups in total. The Morgan fingerprint density at radius 1 is 1.56 bits per heavy atom. The molecule has 1 unspecified atom stereocenters. The molecule has 1 aliphatic rings. The third kappa shape index (κ3) is 2.36. The summed E-state index contributed by atoms with van der Waals surface area (Å²) in [5, 5.41) is 0.624. The predicted molar refractivity (Wildman–Crippen MR) is 64.5 cm³/mol. The molecule has 0 aromatic heterocycles. The van der Waals surface area contributed by atoms with E-state index in [1.54, 1.807) is 12.1 Å². The van der Waals surface area contributed by atoms with Crippen molar-refractivity contribution < 1.29 is 9.53 Å². The first-order valence-corrected chi connectivity index (χ1v) is 5.70. The van der Waals surface area contributed by atoms with Gasteiger partial charge in [-0.3, -0.25) is 4.79 Å². The summed E-state index contributed by atoms with van der Waals surface area (Å²) < 4.78 is 5.47. The number of carbonyl (C=O) groups is 1. The van der Waals surface area contributed by atoms with Gasteiger partial charge in [0.25, 0.3) is 0 Å². The Hall–Kier alpha value is -1.06. The highest BCUT2D eigenvalue weighted by Crippen LogP contribution is 2.27. The maximum Gasteiger partial charge on any atom is 0.150 e. The van der Waals surface area contributed by atoms with E-state index in [-0.39, 0.29) is 6.10 Å². The third-order valence-electron chi connectivity index (χ3n) is 2.69. The summed E-state index contributed by atoms with van der Waals surface area (Å²) in [5.74, 6) is 0. The SMILES string of the molecule is CC1CN(c2ccc(C=O)cc2Cl)CCO1. The van der Waals surface area contributed by atoms with Crippen LogP contribution in [0.15, 0.2) is 18.2 Å². The van der Waals surface area contributed by atoms with E-state index in [0.717, 1.165) is 25.1 Å². The molecule has 0 aliphatic carbocycles. The first kappa shape index (κ1) is 11.4. The Morgan fingerprint density at radius 3 is 3.00 bits per heavy atom. The summed E-state index contributed by atoms with van der Waals surface area (Å²) >= 11 is 6.15. The number of benzene rings is 1. The molecular formula is C12H14ClNO2. The van der Waals surface area contributed by atoms with E-state index in [1.165, 1.54) is 0 Å². The summed E-state index contributed by atoms with van der Waals surface area (Å²) in [6.07, 6.45) is 1.02. The number of anilines is 1. The molecule has 0 spiro atoms. The minimum absolute atomic E-state index is 0.218. The van der Waals surface area contributed by atoms with Crippen LogP contribution in [0.3, 0.4) is 0 Å². The Balaban J connectivity index is 2.22. The van der Waals surface area contributed by atoms with E-state index in [1.807, 2.05) is 13.0 Å². The van der Waals surface area contributed by atoms with Crippen LogP contribution in [-0.4, -0.2) is 32.1 Å². The van der Waals surface area contributed by atoms with Gasteiger partial charge in [-0.05, 0) is 25.1 Å². The number of ether oxygens (including phenoxy) is 1. The van der Waals surface area contributed by atoms with Crippen molar-refractivity contribution >= 4 is 23.6 Å². The monoisotopic (exact) mass is 239 g/mol. The normalized spacial score (nSPS) is 20.9. The molecule has 86 valence electrons. The maximum atomic E-state index is 10.6. The van der Waals surface area contributed by atoms with Crippen LogP contribution < -0.4 is 4.90 Å². The molecular weight excluding hydrogens is 226 g/mol. The van der Waals surface area contributed by atoms with Crippen LogP contribution in [0.1, 0.15) is 17.3 Å². The molecule has 0 bridgehead atoms. The summed E-state index contributed by atoms with van der Waals surface area (Å²) in [6, 6.07) is 5.38. The van der Waals surface area contributed by atoms with Crippen molar-refractivity contribution in [3.63, 3.8) is 0 Å². The van der Waals surface area contributed by atoms with Gasteiger partial charge >= 0.3 is 0 Å². The van der Waals surface area contributed by atoms with E-state index in [9.17, 15) is 4.79 Å². The highest BCUT2D eigenvalue weighted by Gasteiger charge is 2.18. The number of halogens is 1. The van der Waals surface area contributed by atoms with Gasteiger partial charge in [0, 0.05) is 18.7 Å². The molecule has 1 saturated heterocycles. The Bertz CT molecular complexity index is 395. The minimum Gasteiger partial charge on any atom is -0.375 e. The quantitative estimate of drug-likeness (QED) is 0.743. The summed E-state index contributed by atoms with van der Waals surface area (Å²) in [6.45, 7) is 4.43. The average molecular weight is 240 g/mol. The number of rotatable bonds is 2. The highest BCUT2D eigenvalue weighted by atomic mass is 35.5. The number of hydrogen-bond acceptors (Lipinski definition) is 3. The van der Waals surface area contributed by atoms with Crippen molar-refractivity contribution in [1.29, 1.82) is 0 Å². The van der Waals surface area contributed by atoms with Gasteiger partial charge in [0.1, 0.15) is 6.29 Å². The molecule has 0 amide bonds. The molecule has 2 rings (SSSR count). The van der Waals surface area contributed by atoms with Crippen LogP contribution in [0.5, 0.6) is 0 Å². The van der Waals surface area contributed by atoms with Crippen LogP contribution in [0.2, 0.25) is 5.02 Å². The smallest absolute Gasteiger partial charge is 0.150 e. The van der Waals surface area contributed by atoms with Gasteiger partial charge < -0.3 is 9.64 Å². The summed E-state index contributed by atoms with van der Waals surface area (Å²) in [7, 11) is 0. The number of nitrogens with zero attached hydrogens (tertiary/aromatic N) is 1. The second kappa shape index (κ2) is 4.85. The topological polar surface area (TPSA) is 29.5 Å². The van der Waals surface area contributed by atoms with Crippen molar-refractivity contribution in [2.24, 2.45) is 0 Å². The minimum atomic E-state index is 0.218. The van der Waals surface area contributed by atoms with Gasteiger partial charge in [0.2, 0.25) is 0 Å². The number of morpholine rings is 1. The molecule has 1 heterocycles. The summed E-state index contributed by atoms with van der Waals surface area (Å²) in [5.41, 5.74) is 1.58. The fourth-order valence-corrected chi connectivity index (χ4v) is 2.20. The van der Waals surface area contributed by atoms with Gasteiger partial charge in [-0.25, -0.2) is 0 Å². The average Bonchev–Trinajstić information content (AvgIpc) is 2.28. The van der Waals surface area contributed by atoms with Crippen LogP contribution >= 0.6 is 11.6 Å². The van der Waals surface area contributed by atoms with Crippen molar-refractivity contribution in [3.8, 4) is 0 Å². The van der Waals surface area contributed by atoms with Gasteiger partial charge in [-0.2, -0.15) is 0 Å². The number of carbonyl (C=O) groups excluding carboxylic acids is 1. The van der Waals surface area contributed by atoms with E-state index in [2.05, 4.69) is 4.90 Å². The van der Waals surface area contributed by atoms with E-state index in [4.69, 9.17) is 16.3 Å². The highest BCUT2D eigenvalue weighted by molar-refractivity contribution is 6.33. The Labute approximate surface area is 100.0 Å². The van der Waals surface area contributed by atoms with E-state index < -0.39 is 0 Å². The van der Waals surface area contributed by atoms with Crippen molar-refractivity contribution in [2.45, 2.75) is 13.0 Å². The lowest BCUT2D eigenvalue weighted by molar-refractivity contribution is 0.0532. The first-order valence-electron chi connectivity index (χ1n) is 5.32. The maximum absolute atomic E-state index is 10.6. The third-order valence-corrected chi connectivity index (χ3v) is 2.99. The zero-order valence-corrected chi connectivity index (χ0v) is 9.91. The molecule has 4 heteroatoms. The van der Waals surface area contributed by atoms with Crippen LogP contribution in [0, 0.1) is 0 Å². The van der Waals surface area contributed by atoms with Gasteiger partial charge in [0.05, 0.1) is 23.4 Å². The fraction of sp³-hybridized carbons (Fsp3) is 0.417. The lowest BCUT2D eigenvalue weighted by atomic mass is 10.2. The molecule has 1 atom stereocenters. The Kier molecular flexibility index (Phi) is 3.46. The molecule has 0 saturated carbocycles. The van der Waals surface area contributed by atoms with Gasteiger partial charge in [-0.15, -0.1) is 0 Å². The first-order chi connectivity index (χ1) is 7.70. The van der Waals surface area contributed by atoms with Crippen molar-refractivity contribution in [3.05, 3.63) is 28.8 Å². The lowest BCUT2D eigenvalue weighted by Gasteiger charge is -2.33. The van der Waals surface area contributed by atoms with E-state index >= 15 is 0 Å². The zero-order chi connectivity index (χ0) is 11.5. The van der Waals surface area contributed by atoms with Crippen LogP contribution in [0.4, 0.5) is 5.69 Å². The predicted octanol–water partition coefficient (Wildman–Crippen LogP) is 2.38. The van der Waals surface area contributed by atoms with Crippen molar-refractivity contribution in [1.82, 2.24) is 0 Å². The van der Waals surface area contributed by atoms with Crippen LogP contribution in [-0.2, 0) is 4.74 Å². The molecule has 16 heavy (non-hydrogen) atoms. The second-order valence-electron chi connectivity index (χ2n) is 3.96. The van der Waals surface area contributed by atoms with E-state index in [0.29, 0.717) is 17.2 Å². The molecule has 3 nitrogen and oxygen atoms in total. The number of hydrogen-bond donors (Lipinski definition) is 0. The Morgan fingerprint density at radius 2 is 2.38 bits per heavy atom. The molecule has 1 aromatic carbocycles. The van der Waals surface area contributed by atoms with Gasteiger partial charge in [-0.1, -0.05) is 11.6 Å². The standard InChI is InChI=1S/C12H14ClNO2/c1-9-7-14(4-5-16-9)12-3-2-10(8-15)6-11(12)13/h2-3,6,8-9H,4-5,7H2,1H3. The van der Waals surface area contributed by atoms with Crippen molar-refractivity contribution in [2.75, 3.05) is 24.6 Å². The number of aldehydes is 1. The lowest BCUT2D eigenvalue weighted by Crippen LogP contribution is -2.41. The largest absolute Gasteiger partial charge is 0.375 e. The van der Waals surface area contributed by atoms with Gasteiger partial charge in [0.15, 0.2) is 0 Å². The van der Waals surface area contributed by atoms with Crippen LogP contribution in [0.25, 0.3) is 0 Å². The molecule has 0 radical (unpaired) electrons. The zero-order valence-electron chi connectivity index (χ0n) is 9.15. The summed E-state index contributed by atoms with van der Waals surface area (Å²) in [4.78, 5) is 12.8. The molecule has 1 aliphatic heterocycles. The second-order valence-corrected chi connectivity index (χ2v) is 4.36. The molecule has 1 fully saturated rings. The molecule has 1 aromatic rings.